The summed E-state index contributed by atoms with van der Waals surface area (Å²) in [5, 5.41) is 0. The van der Waals surface area contributed by atoms with Gasteiger partial charge in [0.15, 0.2) is 0 Å². The first-order chi connectivity index (χ1) is 11.8. The summed E-state index contributed by atoms with van der Waals surface area (Å²) in [4.78, 5) is 17.1. The van der Waals surface area contributed by atoms with Crippen LogP contribution in [0.1, 0.15) is 25.3 Å². The molecule has 2 aromatic carbocycles. The highest BCUT2D eigenvalue weighted by Gasteiger charge is 2.28. The molecular formula is C21H26N2O. The number of nitrogens with zero attached hydrogens (tertiary/aromatic N) is 2. The molecule has 0 aromatic heterocycles. The van der Waals surface area contributed by atoms with Gasteiger partial charge in [-0.05, 0) is 50.4 Å². The quantitative estimate of drug-likeness (QED) is 0.809. The van der Waals surface area contributed by atoms with Crippen molar-refractivity contribution in [2.24, 2.45) is 0 Å². The molecule has 1 amide bonds. The Kier molecular flexibility index (Phi) is 5.65. The minimum Gasteiger partial charge on any atom is -0.312 e. The summed E-state index contributed by atoms with van der Waals surface area (Å²) in [7, 11) is 0. The van der Waals surface area contributed by atoms with E-state index in [4.69, 9.17) is 0 Å². The van der Waals surface area contributed by atoms with Crippen LogP contribution in [0.25, 0.3) is 0 Å². The zero-order valence-electron chi connectivity index (χ0n) is 14.4. The molecule has 1 aliphatic rings. The van der Waals surface area contributed by atoms with E-state index in [1.54, 1.807) is 0 Å². The first kappa shape index (κ1) is 16.7. The van der Waals surface area contributed by atoms with Crippen molar-refractivity contribution >= 4 is 11.6 Å². The summed E-state index contributed by atoms with van der Waals surface area (Å²) in [6.45, 7) is 4.28. The van der Waals surface area contributed by atoms with Crippen LogP contribution in [0.4, 0.5) is 5.69 Å². The summed E-state index contributed by atoms with van der Waals surface area (Å²) in [5.74, 6) is 0.198. The summed E-state index contributed by atoms with van der Waals surface area (Å²) in [6, 6.07) is 21.0. The van der Waals surface area contributed by atoms with Crippen LogP contribution in [0.5, 0.6) is 0 Å². The number of anilines is 1. The fraction of sp³-hybridized carbons (Fsp3) is 0.381. The van der Waals surface area contributed by atoms with Crippen molar-refractivity contribution in [1.29, 1.82) is 0 Å². The Hall–Kier alpha value is -2.13. The first-order valence-corrected chi connectivity index (χ1v) is 8.91. The zero-order chi connectivity index (χ0) is 16.8. The highest BCUT2D eigenvalue weighted by Crippen LogP contribution is 2.22. The van der Waals surface area contributed by atoms with Crippen molar-refractivity contribution in [2.45, 2.75) is 32.2 Å². The SMILES string of the molecule is CCN(C(=O)CN1CCC[C@@H]1Cc1ccccc1)c1ccccc1. The second-order valence-electron chi connectivity index (χ2n) is 6.43. The number of amides is 1. The van der Waals surface area contributed by atoms with E-state index in [2.05, 4.69) is 35.2 Å². The van der Waals surface area contributed by atoms with Gasteiger partial charge in [0.1, 0.15) is 0 Å². The molecular weight excluding hydrogens is 296 g/mol. The Balaban J connectivity index is 1.64. The molecule has 0 radical (unpaired) electrons. The second kappa shape index (κ2) is 8.11. The normalized spacial score (nSPS) is 17.8. The van der Waals surface area contributed by atoms with Gasteiger partial charge >= 0.3 is 0 Å². The number of para-hydroxylation sites is 1. The van der Waals surface area contributed by atoms with Crippen LogP contribution in [0.3, 0.4) is 0 Å². The fourth-order valence-corrected chi connectivity index (χ4v) is 3.59. The van der Waals surface area contributed by atoms with Gasteiger partial charge in [-0.15, -0.1) is 0 Å². The van der Waals surface area contributed by atoms with Gasteiger partial charge in [0.05, 0.1) is 6.54 Å². The van der Waals surface area contributed by atoms with Crippen molar-refractivity contribution < 1.29 is 4.79 Å². The number of likely N-dealkylation sites (tertiary alicyclic amines) is 1. The van der Waals surface area contributed by atoms with Crippen LogP contribution in [0.2, 0.25) is 0 Å². The van der Waals surface area contributed by atoms with Crippen LogP contribution < -0.4 is 4.90 Å². The van der Waals surface area contributed by atoms with Gasteiger partial charge in [-0.3, -0.25) is 9.69 Å². The van der Waals surface area contributed by atoms with E-state index < -0.39 is 0 Å². The van der Waals surface area contributed by atoms with Gasteiger partial charge < -0.3 is 4.90 Å². The molecule has 0 bridgehead atoms. The predicted molar refractivity (Wildman–Crippen MR) is 99.2 cm³/mol. The van der Waals surface area contributed by atoms with Gasteiger partial charge in [0, 0.05) is 18.3 Å². The number of hydrogen-bond donors (Lipinski definition) is 0. The average Bonchev–Trinajstić information content (AvgIpc) is 3.04. The Morgan fingerprint density at radius 1 is 1.08 bits per heavy atom. The molecule has 0 unspecified atom stereocenters. The lowest BCUT2D eigenvalue weighted by Crippen LogP contribution is -2.43. The van der Waals surface area contributed by atoms with Crippen molar-refractivity contribution in [3.05, 3.63) is 66.2 Å². The third-order valence-electron chi connectivity index (χ3n) is 4.84. The summed E-state index contributed by atoms with van der Waals surface area (Å²) >= 11 is 0. The highest BCUT2D eigenvalue weighted by molar-refractivity contribution is 5.94. The molecule has 2 aromatic rings. The fourth-order valence-electron chi connectivity index (χ4n) is 3.59. The van der Waals surface area contributed by atoms with Crippen LogP contribution >= 0.6 is 0 Å². The van der Waals surface area contributed by atoms with Gasteiger partial charge in [-0.2, -0.15) is 0 Å². The van der Waals surface area contributed by atoms with Crippen LogP contribution in [-0.4, -0.2) is 36.5 Å². The lowest BCUT2D eigenvalue weighted by molar-refractivity contribution is -0.119. The zero-order valence-corrected chi connectivity index (χ0v) is 14.4. The maximum absolute atomic E-state index is 12.8. The van der Waals surface area contributed by atoms with Crippen LogP contribution in [0.15, 0.2) is 60.7 Å². The topological polar surface area (TPSA) is 23.6 Å². The van der Waals surface area contributed by atoms with E-state index in [0.29, 0.717) is 19.1 Å². The third kappa shape index (κ3) is 4.04. The maximum atomic E-state index is 12.8. The summed E-state index contributed by atoms with van der Waals surface area (Å²) < 4.78 is 0. The molecule has 0 saturated carbocycles. The number of likely N-dealkylation sites (N-methyl/N-ethyl adjacent to an activating group) is 1. The number of hydrogen-bond acceptors (Lipinski definition) is 2. The van der Waals surface area contributed by atoms with Crippen molar-refractivity contribution in [3.8, 4) is 0 Å². The van der Waals surface area contributed by atoms with E-state index in [0.717, 1.165) is 18.7 Å². The monoisotopic (exact) mass is 322 g/mol. The highest BCUT2D eigenvalue weighted by atomic mass is 16.2. The van der Waals surface area contributed by atoms with Gasteiger partial charge in [-0.1, -0.05) is 48.5 Å². The first-order valence-electron chi connectivity index (χ1n) is 8.91. The van der Waals surface area contributed by atoms with Gasteiger partial charge in [0.2, 0.25) is 5.91 Å². The molecule has 3 nitrogen and oxygen atoms in total. The molecule has 1 saturated heterocycles. The largest absolute Gasteiger partial charge is 0.312 e. The Bertz CT molecular complexity index is 641. The van der Waals surface area contributed by atoms with Gasteiger partial charge in [-0.25, -0.2) is 0 Å². The predicted octanol–water partition coefficient (Wildman–Crippen LogP) is 3.75. The van der Waals surface area contributed by atoms with Gasteiger partial charge in [0.25, 0.3) is 0 Å². The lowest BCUT2D eigenvalue weighted by atomic mass is 10.0. The van der Waals surface area contributed by atoms with Crippen molar-refractivity contribution in [3.63, 3.8) is 0 Å². The van der Waals surface area contributed by atoms with Crippen molar-refractivity contribution in [1.82, 2.24) is 4.90 Å². The average molecular weight is 322 g/mol. The second-order valence-corrected chi connectivity index (χ2v) is 6.43. The lowest BCUT2D eigenvalue weighted by Gasteiger charge is -2.28. The van der Waals surface area contributed by atoms with E-state index in [1.165, 1.54) is 18.4 Å². The Labute approximate surface area is 144 Å². The molecule has 3 heteroatoms. The van der Waals surface area contributed by atoms with E-state index >= 15 is 0 Å². The molecule has 1 fully saturated rings. The summed E-state index contributed by atoms with van der Waals surface area (Å²) in [6.07, 6.45) is 3.40. The minimum atomic E-state index is 0.198. The Morgan fingerprint density at radius 3 is 2.42 bits per heavy atom. The molecule has 1 aliphatic heterocycles. The molecule has 1 atom stereocenters. The molecule has 0 spiro atoms. The maximum Gasteiger partial charge on any atom is 0.241 e. The molecule has 126 valence electrons. The Morgan fingerprint density at radius 2 is 1.75 bits per heavy atom. The van der Waals surface area contributed by atoms with Crippen LogP contribution in [0, 0.1) is 0 Å². The summed E-state index contributed by atoms with van der Waals surface area (Å²) in [5.41, 5.74) is 2.35. The van der Waals surface area contributed by atoms with E-state index in [1.807, 2.05) is 42.2 Å². The number of benzene rings is 2. The number of carbonyl (C=O) groups excluding carboxylic acids is 1. The minimum absolute atomic E-state index is 0.198. The van der Waals surface area contributed by atoms with E-state index in [9.17, 15) is 4.79 Å². The molecule has 24 heavy (non-hydrogen) atoms. The molecule has 3 rings (SSSR count). The van der Waals surface area contributed by atoms with E-state index in [-0.39, 0.29) is 5.91 Å². The molecule has 1 heterocycles. The van der Waals surface area contributed by atoms with Crippen LogP contribution in [-0.2, 0) is 11.2 Å². The number of carbonyl (C=O) groups is 1. The molecule has 0 N–H and O–H groups in total. The molecule has 0 aliphatic carbocycles. The standard InChI is InChI=1S/C21H26N2O/c1-2-23(19-12-7-4-8-13-19)21(24)17-22-15-9-14-20(22)16-18-10-5-3-6-11-18/h3-8,10-13,20H,2,9,14-17H2,1H3/t20-/m1/s1. The van der Waals surface area contributed by atoms with Crippen molar-refractivity contribution in [2.75, 3.05) is 24.5 Å². The number of rotatable bonds is 6. The smallest absolute Gasteiger partial charge is 0.241 e. The third-order valence-corrected chi connectivity index (χ3v) is 4.84.